The van der Waals surface area contributed by atoms with Crippen molar-refractivity contribution in [2.24, 2.45) is 0 Å². The monoisotopic (exact) mass is 324 g/mol. The number of benzene rings is 1. The van der Waals surface area contributed by atoms with Gasteiger partial charge in [0.2, 0.25) is 0 Å². The van der Waals surface area contributed by atoms with Crippen LogP contribution in [0.2, 0.25) is 0 Å². The van der Waals surface area contributed by atoms with Gasteiger partial charge in [0.05, 0.1) is 7.11 Å². The molecule has 2 aromatic heterocycles. The van der Waals surface area contributed by atoms with Crippen LogP contribution in [0.25, 0.3) is 0 Å². The lowest BCUT2D eigenvalue weighted by Gasteiger charge is -2.23. The molecule has 0 saturated carbocycles. The molecule has 3 nitrogen and oxygen atoms in total. The van der Waals surface area contributed by atoms with Crippen molar-refractivity contribution in [2.45, 2.75) is 19.6 Å². The van der Waals surface area contributed by atoms with Gasteiger partial charge in [-0.2, -0.15) is 0 Å². The molecule has 0 fully saturated rings. The fourth-order valence-electron chi connectivity index (χ4n) is 2.61. The highest BCUT2D eigenvalue weighted by molar-refractivity contribution is 7.09. The van der Waals surface area contributed by atoms with Crippen molar-refractivity contribution in [1.29, 1.82) is 0 Å². The lowest BCUT2D eigenvalue weighted by atomic mass is 10.1. The second-order valence-electron chi connectivity index (χ2n) is 5.39. The highest BCUT2D eigenvalue weighted by Crippen LogP contribution is 2.22. The van der Waals surface area contributed by atoms with Crippen LogP contribution in [0.3, 0.4) is 0 Å². The average molecular weight is 324 g/mol. The fraction of sp³-hybridized carbons (Fsp3) is 0.211. The lowest BCUT2D eigenvalue weighted by Crippen LogP contribution is -2.22. The maximum absolute atomic E-state index is 5.50. The van der Waals surface area contributed by atoms with Crippen LogP contribution < -0.4 is 4.74 Å². The van der Waals surface area contributed by atoms with Gasteiger partial charge in [-0.25, -0.2) is 0 Å². The molecule has 1 aromatic carbocycles. The summed E-state index contributed by atoms with van der Waals surface area (Å²) < 4.78 is 5.50. The predicted molar refractivity (Wildman–Crippen MR) is 94.5 cm³/mol. The van der Waals surface area contributed by atoms with Gasteiger partial charge in [0.1, 0.15) is 5.75 Å². The molecule has 118 valence electrons. The van der Waals surface area contributed by atoms with Gasteiger partial charge in [-0.15, -0.1) is 11.3 Å². The average Bonchev–Trinajstić information content (AvgIpc) is 3.09. The van der Waals surface area contributed by atoms with E-state index in [9.17, 15) is 0 Å². The number of pyridine rings is 1. The maximum Gasteiger partial charge on any atom is 0.123 e. The Morgan fingerprint density at radius 2 is 1.78 bits per heavy atom. The minimum atomic E-state index is 0.851. The van der Waals surface area contributed by atoms with Crippen LogP contribution in [0.4, 0.5) is 0 Å². The molecular formula is C19H20N2OS. The molecule has 0 spiro atoms. The number of methoxy groups -OCH3 is 1. The van der Waals surface area contributed by atoms with Gasteiger partial charge >= 0.3 is 0 Å². The number of nitrogens with zero attached hydrogens (tertiary/aromatic N) is 2. The first kappa shape index (κ1) is 15.7. The van der Waals surface area contributed by atoms with Crippen LogP contribution in [-0.4, -0.2) is 17.0 Å². The van der Waals surface area contributed by atoms with E-state index in [1.54, 1.807) is 18.4 Å². The summed E-state index contributed by atoms with van der Waals surface area (Å²) in [7, 11) is 1.73. The molecule has 3 aromatic rings. The molecule has 0 aliphatic heterocycles. The number of hydrogen-bond acceptors (Lipinski definition) is 4. The van der Waals surface area contributed by atoms with Crippen molar-refractivity contribution in [3.63, 3.8) is 0 Å². The largest absolute Gasteiger partial charge is 0.496 e. The Labute approximate surface area is 141 Å². The minimum Gasteiger partial charge on any atom is -0.496 e. The highest BCUT2D eigenvalue weighted by atomic mass is 32.1. The normalized spacial score (nSPS) is 10.9. The third kappa shape index (κ3) is 4.41. The molecule has 0 aliphatic carbocycles. The van der Waals surface area contributed by atoms with Crippen molar-refractivity contribution >= 4 is 11.3 Å². The van der Waals surface area contributed by atoms with E-state index < -0.39 is 0 Å². The highest BCUT2D eigenvalue weighted by Gasteiger charge is 2.11. The molecule has 0 atom stereocenters. The molecule has 0 radical (unpaired) electrons. The van der Waals surface area contributed by atoms with Crippen molar-refractivity contribution in [2.75, 3.05) is 7.11 Å². The van der Waals surface area contributed by atoms with E-state index in [-0.39, 0.29) is 0 Å². The molecule has 2 heterocycles. The number of rotatable bonds is 7. The van der Waals surface area contributed by atoms with Gasteiger partial charge < -0.3 is 4.74 Å². The fourth-order valence-corrected chi connectivity index (χ4v) is 3.36. The van der Waals surface area contributed by atoms with Gasteiger partial charge in [-0.3, -0.25) is 9.88 Å². The van der Waals surface area contributed by atoms with E-state index in [0.717, 1.165) is 25.4 Å². The summed E-state index contributed by atoms with van der Waals surface area (Å²) in [6.45, 7) is 2.67. The maximum atomic E-state index is 5.50. The molecule has 0 bridgehead atoms. The first-order valence-electron chi connectivity index (χ1n) is 7.60. The number of aromatic nitrogens is 1. The van der Waals surface area contributed by atoms with E-state index in [1.165, 1.54) is 16.0 Å². The van der Waals surface area contributed by atoms with Crippen LogP contribution in [0.15, 0.2) is 66.3 Å². The van der Waals surface area contributed by atoms with Crippen LogP contribution in [0.5, 0.6) is 5.75 Å². The number of hydrogen-bond donors (Lipinski definition) is 0. The molecular weight excluding hydrogens is 304 g/mol. The standard InChI is InChI=1S/C19H20N2OS/c1-22-19-7-3-2-5-17(19)14-21(15-18-6-4-12-23-18)13-16-8-10-20-11-9-16/h2-12H,13-15H2,1H3. The molecule has 23 heavy (non-hydrogen) atoms. The first-order chi connectivity index (χ1) is 11.3. The Bertz CT molecular complexity index is 713. The summed E-state index contributed by atoms with van der Waals surface area (Å²) >= 11 is 1.80. The molecule has 0 aliphatic rings. The summed E-state index contributed by atoms with van der Waals surface area (Å²) in [6.07, 6.45) is 3.70. The summed E-state index contributed by atoms with van der Waals surface area (Å²) in [6, 6.07) is 16.7. The van der Waals surface area contributed by atoms with Gasteiger partial charge in [-0.1, -0.05) is 24.3 Å². The van der Waals surface area contributed by atoms with Gasteiger partial charge in [0, 0.05) is 42.5 Å². The third-order valence-corrected chi connectivity index (χ3v) is 4.56. The second-order valence-corrected chi connectivity index (χ2v) is 6.42. The SMILES string of the molecule is COc1ccccc1CN(Cc1ccncc1)Cc1cccs1. The van der Waals surface area contributed by atoms with Crippen LogP contribution in [0, 0.1) is 0 Å². The minimum absolute atomic E-state index is 0.851. The Morgan fingerprint density at radius 1 is 0.957 bits per heavy atom. The van der Waals surface area contributed by atoms with E-state index in [4.69, 9.17) is 4.74 Å². The van der Waals surface area contributed by atoms with E-state index in [0.29, 0.717) is 0 Å². The summed E-state index contributed by atoms with van der Waals surface area (Å²) in [4.78, 5) is 7.90. The number of thiophene rings is 1. The molecule has 0 N–H and O–H groups in total. The summed E-state index contributed by atoms with van der Waals surface area (Å²) in [5, 5.41) is 2.13. The molecule has 0 saturated heterocycles. The van der Waals surface area contributed by atoms with E-state index in [1.807, 2.05) is 24.5 Å². The van der Waals surface area contributed by atoms with Crippen molar-refractivity contribution in [3.05, 3.63) is 82.3 Å². The quantitative estimate of drug-likeness (QED) is 0.646. The Hall–Kier alpha value is -2.17. The van der Waals surface area contributed by atoms with Crippen molar-refractivity contribution in [3.8, 4) is 5.75 Å². The Balaban J connectivity index is 1.79. The number of para-hydroxylation sites is 1. The summed E-state index contributed by atoms with van der Waals surface area (Å²) in [5.41, 5.74) is 2.48. The van der Waals surface area contributed by atoms with Gasteiger partial charge in [0.15, 0.2) is 0 Å². The van der Waals surface area contributed by atoms with E-state index >= 15 is 0 Å². The van der Waals surface area contributed by atoms with Crippen molar-refractivity contribution < 1.29 is 4.74 Å². The van der Waals surface area contributed by atoms with Crippen LogP contribution >= 0.6 is 11.3 Å². The smallest absolute Gasteiger partial charge is 0.123 e. The molecule has 0 amide bonds. The zero-order chi connectivity index (χ0) is 15.9. The van der Waals surface area contributed by atoms with Crippen LogP contribution in [-0.2, 0) is 19.6 Å². The van der Waals surface area contributed by atoms with Crippen LogP contribution in [0.1, 0.15) is 16.0 Å². The Morgan fingerprint density at radius 3 is 2.52 bits per heavy atom. The number of ether oxygens (including phenoxy) is 1. The first-order valence-corrected chi connectivity index (χ1v) is 8.48. The molecule has 4 heteroatoms. The van der Waals surface area contributed by atoms with Gasteiger partial charge in [-0.05, 0) is 35.2 Å². The lowest BCUT2D eigenvalue weighted by molar-refractivity contribution is 0.245. The third-order valence-electron chi connectivity index (χ3n) is 3.70. The second kappa shape index (κ2) is 7.90. The van der Waals surface area contributed by atoms with Crippen molar-refractivity contribution in [1.82, 2.24) is 9.88 Å². The topological polar surface area (TPSA) is 25.4 Å². The Kier molecular flexibility index (Phi) is 5.40. The molecule has 3 rings (SSSR count). The molecule has 0 unspecified atom stereocenters. The predicted octanol–water partition coefficient (Wildman–Crippen LogP) is 4.35. The van der Waals surface area contributed by atoms with E-state index in [2.05, 4.69) is 51.7 Å². The summed E-state index contributed by atoms with van der Waals surface area (Å²) in [5.74, 6) is 0.943. The zero-order valence-electron chi connectivity index (χ0n) is 13.2. The zero-order valence-corrected chi connectivity index (χ0v) is 14.0. The van der Waals surface area contributed by atoms with Gasteiger partial charge in [0.25, 0.3) is 0 Å².